The highest BCUT2D eigenvalue weighted by molar-refractivity contribution is 5.71. The number of rotatable bonds is 46. The molecule has 0 aliphatic carbocycles. The second-order valence-electron chi connectivity index (χ2n) is 17.1. The van der Waals surface area contributed by atoms with Crippen LogP contribution in [0.15, 0.2) is 12.2 Å². The van der Waals surface area contributed by atoms with Crippen molar-refractivity contribution >= 4 is 17.9 Å². The zero-order valence-corrected chi connectivity index (χ0v) is 38.4. The summed E-state index contributed by atoms with van der Waals surface area (Å²) in [7, 11) is 0. The number of esters is 3. The minimum Gasteiger partial charge on any atom is -0.462 e. The molecule has 0 heterocycles. The van der Waals surface area contributed by atoms with E-state index in [0.29, 0.717) is 19.3 Å². The third kappa shape index (κ3) is 45.1. The lowest BCUT2D eigenvalue weighted by Crippen LogP contribution is -2.30. The predicted octanol–water partition coefficient (Wildman–Crippen LogP) is 16.2. The van der Waals surface area contributed by atoms with Crippen LogP contribution >= 0.6 is 0 Å². The molecule has 0 aromatic carbocycles. The van der Waals surface area contributed by atoms with Crippen LogP contribution in [-0.2, 0) is 28.6 Å². The molecule has 57 heavy (non-hydrogen) atoms. The summed E-state index contributed by atoms with van der Waals surface area (Å²) in [4.78, 5) is 37.6. The fourth-order valence-corrected chi connectivity index (χ4v) is 7.44. The standard InChI is InChI=1S/C51H96O6/c1-4-7-10-13-15-17-19-21-23-25-26-28-29-31-33-35-38-41-44-50(53)56-47-48(46-55-49(52)43-40-37-12-9-6-3)57-51(54)45-42-39-36-34-32-30-27-24-22-20-18-16-14-11-8-5-2/h24,27,48H,4-23,25-26,28-47H2,1-3H3/b27-24-. The third-order valence-corrected chi connectivity index (χ3v) is 11.3. The molecule has 0 saturated carbocycles. The lowest BCUT2D eigenvalue weighted by Gasteiger charge is -2.18. The topological polar surface area (TPSA) is 78.9 Å². The van der Waals surface area contributed by atoms with Crippen molar-refractivity contribution in [3.05, 3.63) is 12.2 Å². The minimum atomic E-state index is -0.765. The van der Waals surface area contributed by atoms with E-state index < -0.39 is 6.10 Å². The molecule has 0 spiro atoms. The Morgan fingerprint density at radius 2 is 0.579 bits per heavy atom. The average Bonchev–Trinajstić information content (AvgIpc) is 3.21. The van der Waals surface area contributed by atoms with Gasteiger partial charge in [0.05, 0.1) is 0 Å². The van der Waals surface area contributed by atoms with Gasteiger partial charge in [0.15, 0.2) is 6.10 Å². The number of hydrogen-bond donors (Lipinski definition) is 0. The summed E-state index contributed by atoms with van der Waals surface area (Å²) in [6.07, 6.45) is 50.9. The van der Waals surface area contributed by atoms with Gasteiger partial charge >= 0.3 is 17.9 Å². The van der Waals surface area contributed by atoms with Crippen molar-refractivity contribution in [2.24, 2.45) is 0 Å². The van der Waals surface area contributed by atoms with Gasteiger partial charge < -0.3 is 14.2 Å². The van der Waals surface area contributed by atoms with Gasteiger partial charge in [-0.3, -0.25) is 14.4 Å². The summed E-state index contributed by atoms with van der Waals surface area (Å²) in [6, 6.07) is 0. The van der Waals surface area contributed by atoms with Crippen molar-refractivity contribution in [2.75, 3.05) is 13.2 Å². The van der Waals surface area contributed by atoms with Gasteiger partial charge in [-0.1, -0.05) is 226 Å². The lowest BCUT2D eigenvalue weighted by molar-refractivity contribution is -0.167. The molecule has 1 atom stereocenters. The Labute approximate surface area is 354 Å². The van der Waals surface area contributed by atoms with Crippen molar-refractivity contribution in [1.82, 2.24) is 0 Å². The molecule has 6 heteroatoms. The predicted molar refractivity (Wildman–Crippen MR) is 243 cm³/mol. The van der Waals surface area contributed by atoms with Crippen molar-refractivity contribution in [3.8, 4) is 0 Å². The highest BCUT2D eigenvalue weighted by atomic mass is 16.6. The molecule has 336 valence electrons. The molecule has 1 unspecified atom stereocenters. The monoisotopic (exact) mass is 805 g/mol. The zero-order chi connectivity index (χ0) is 41.5. The Morgan fingerprint density at radius 3 is 0.877 bits per heavy atom. The second kappa shape index (κ2) is 46.8. The smallest absolute Gasteiger partial charge is 0.306 e. The maximum Gasteiger partial charge on any atom is 0.306 e. The fraction of sp³-hybridized carbons (Fsp3) is 0.902. The molecule has 0 bridgehead atoms. The molecular formula is C51H96O6. The van der Waals surface area contributed by atoms with Crippen LogP contribution in [0.3, 0.4) is 0 Å². The molecule has 0 radical (unpaired) electrons. The first kappa shape index (κ1) is 55.2. The first-order valence-electron chi connectivity index (χ1n) is 25.2. The summed E-state index contributed by atoms with van der Waals surface area (Å²) in [5, 5.41) is 0. The first-order chi connectivity index (χ1) is 28.0. The highest BCUT2D eigenvalue weighted by Crippen LogP contribution is 2.16. The van der Waals surface area contributed by atoms with Gasteiger partial charge in [-0.05, 0) is 44.9 Å². The molecule has 0 aromatic heterocycles. The van der Waals surface area contributed by atoms with Crippen molar-refractivity contribution < 1.29 is 28.6 Å². The largest absolute Gasteiger partial charge is 0.462 e. The molecule has 6 nitrogen and oxygen atoms in total. The molecule has 0 fully saturated rings. The van der Waals surface area contributed by atoms with E-state index >= 15 is 0 Å². The first-order valence-corrected chi connectivity index (χ1v) is 25.2. The number of allylic oxidation sites excluding steroid dienone is 2. The van der Waals surface area contributed by atoms with Gasteiger partial charge in [-0.15, -0.1) is 0 Å². The summed E-state index contributed by atoms with van der Waals surface area (Å²) in [5.41, 5.74) is 0. The number of hydrogen-bond acceptors (Lipinski definition) is 6. The maximum absolute atomic E-state index is 12.7. The maximum atomic E-state index is 12.7. The molecule has 0 amide bonds. The number of carbonyl (C=O) groups excluding carboxylic acids is 3. The number of ether oxygens (including phenoxy) is 3. The SMILES string of the molecule is CCCCCCCCC/C=C\CCCCCCCC(=O)OC(COC(=O)CCCCCCC)COC(=O)CCCCCCCCCCCCCCCCCCCC. The van der Waals surface area contributed by atoms with Crippen LogP contribution in [0.5, 0.6) is 0 Å². The van der Waals surface area contributed by atoms with Crippen LogP contribution in [0.1, 0.15) is 278 Å². The Balaban J connectivity index is 4.14. The van der Waals surface area contributed by atoms with E-state index in [1.54, 1.807) is 0 Å². The fourth-order valence-electron chi connectivity index (χ4n) is 7.44. The third-order valence-electron chi connectivity index (χ3n) is 11.3. The van der Waals surface area contributed by atoms with Crippen molar-refractivity contribution in [2.45, 2.75) is 284 Å². The van der Waals surface area contributed by atoms with Crippen LogP contribution in [0, 0.1) is 0 Å². The van der Waals surface area contributed by atoms with Crippen molar-refractivity contribution in [1.29, 1.82) is 0 Å². The molecule has 0 rings (SSSR count). The van der Waals surface area contributed by atoms with E-state index in [9.17, 15) is 14.4 Å². The summed E-state index contributed by atoms with van der Waals surface area (Å²) < 4.78 is 16.7. The Kier molecular flexibility index (Phi) is 45.3. The van der Waals surface area contributed by atoms with Crippen LogP contribution < -0.4 is 0 Å². The Morgan fingerprint density at radius 1 is 0.333 bits per heavy atom. The van der Waals surface area contributed by atoms with Gasteiger partial charge in [0.2, 0.25) is 0 Å². The summed E-state index contributed by atoms with van der Waals surface area (Å²) >= 11 is 0. The van der Waals surface area contributed by atoms with E-state index in [2.05, 4.69) is 32.9 Å². The zero-order valence-electron chi connectivity index (χ0n) is 38.4. The van der Waals surface area contributed by atoms with Crippen LogP contribution in [0.25, 0.3) is 0 Å². The normalized spacial score (nSPS) is 12.0. The van der Waals surface area contributed by atoms with Gasteiger partial charge in [0, 0.05) is 19.3 Å². The molecule has 0 aliphatic heterocycles. The molecule has 0 N–H and O–H groups in total. The van der Waals surface area contributed by atoms with E-state index in [0.717, 1.165) is 70.6 Å². The van der Waals surface area contributed by atoms with Gasteiger partial charge in [0.1, 0.15) is 13.2 Å². The quantitative estimate of drug-likeness (QED) is 0.0264. The van der Waals surface area contributed by atoms with E-state index in [4.69, 9.17) is 14.2 Å². The van der Waals surface area contributed by atoms with Gasteiger partial charge in [0.25, 0.3) is 0 Å². The second-order valence-corrected chi connectivity index (χ2v) is 17.1. The summed E-state index contributed by atoms with van der Waals surface area (Å²) in [6.45, 7) is 6.58. The van der Waals surface area contributed by atoms with E-state index in [1.165, 1.54) is 167 Å². The Bertz CT molecular complexity index is 885. The van der Waals surface area contributed by atoms with E-state index in [-0.39, 0.29) is 31.1 Å². The van der Waals surface area contributed by atoms with Gasteiger partial charge in [-0.25, -0.2) is 0 Å². The molecule has 0 aliphatic rings. The number of carbonyl (C=O) groups is 3. The van der Waals surface area contributed by atoms with Crippen LogP contribution in [0.2, 0.25) is 0 Å². The highest BCUT2D eigenvalue weighted by Gasteiger charge is 2.19. The van der Waals surface area contributed by atoms with Crippen molar-refractivity contribution in [3.63, 3.8) is 0 Å². The molecular weight excluding hydrogens is 709 g/mol. The molecule has 0 aromatic rings. The minimum absolute atomic E-state index is 0.0696. The Hall–Kier alpha value is -1.85. The molecule has 0 saturated heterocycles. The van der Waals surface area contributed by atoms with Crippen LogP contribution in [0.4, 0.5) is 0 Å². The van der Waals surface area contributed by atoms with Crippen LogP contribution in [-0.4, -0.2) is 37.2 Å². The van der Waals surface area contributed by atoms with E-state index in [1.807, 2.05) is 0 Å². The van der Waals surface area contributed by atoms with Gasteiger partial charge in [-0.2, -0.15) is 0 Å². The lowest BCUT2D eigenvalue weighted by atomic mass is 10.0. The summed E-state index contributed by atoms with van der Waals surface area (Å²) in [5.74, 6) is -0.878. The number of unbranched alkanes of at least 4 members (excludes halogenated alkanes) is 33. The average molecular weight is 805 g/mol.